The molecule has 0 aromatic carbocycles. The quantitative estimate of drug-likeness (QED) is 0.0932. The van der Waals surface area contributed by atoms with Gasteiger partial charge in [-0.25, -0.2) is 4.39 Å². The van der Waals surface area contributed by atoms with Crippen molar-refractivity contribution >= 4 is 25.0 Å². The predicted molar refractivity (Wildman–Crippen MR) is 229 cm³/mol. The number of hydrogen-bond acceptors (Lipinski definition) is 3. The molecule has 3 saturated carbocycles. The van der Waals surface area contributed by atoms with E-state index in [9.17, 15) is 26.3 Å². The number of alkyl halides is 7. The third-order valence-corrected chi connectivity index (χ3v) is 19.2. The van der Waals surface area contributed by atoms with Gasteiger partial charge in [0.05, 0.1) is 11.7 Å². The van der Waals surface area contributed by atoms with Gasteiger partial charge in [0.25, 0.3) is 5.60 Å². The van der Waals surface area contributed by atoms with Crippen molar-refractivity contribution in [3.8, 4) is 0 Å². The van der Waals surface area contributed by atoms with Crippen molar-refractivity contribution in [3.05, 3.63) is 47.6 Å². The van der Waals surface area contributed by atoms with Crippen LogP contribution in [0.4, 0.5) is 30.7 Å². The van der Waals surface area contributed by atoms with E-state index in [1.165, 1.54) is 19.6 Å². The van der Waals surface area contributed by atoms with Crippen LogP contribution in [0.3, 0.4) is 0 Å². The van der Waals surface area contributed by atoms with Crippen molar-refractivity contribution in [2.24, 2.45) is 23.2 Å². The van der Waals surface area contributed by atoms with Crippen LogP contribution in [-0.2, 0) is 13.3 Å². The van der Waals surface area contributed by atoms with Crippen LogP contribution in [0.2, 0.25) is 57.4 Å². The molecule has 3 rings (SSSR count). The van der Waals surface area contributed by atoms with E-state index in [1.54, 1.807) is 19.6 Å². The summed E-state index contributed by atoms with van der Waals surface area (Å²) < 4.78 is 171. The Balaban J connectivity index is 2.09. The summed E-state index contributed by atoms with van der Waals surface area (Å²) in [6.07, 6.45) is -4.38. The molecule has 57 heavy (non-hydrogen) atoms. The summed E-state index contributed by atoms with van der Waals surface area (Å²) >= 11 is 0. The van der Waals surface area contributed by atoms with Gasteiger partial charge in [0.2, 0.25) is 0 Å². The summed E-state index contributed by atoms with van der Waals surface area (Å²) in [5, 5.41) is -0.0598. The standard InChI is InChI=1S/C44H75F7O3Si3/c1-31-34(29-35(30-38(31)45)52-57(14,15)39(2,3)4)23-22-33-20-17-27-41(7)36(24-25-37(33)41)32(19-16-26-40(5,6)53-55(8,9)10)21-18-28-42(43(46,47)48,44(49,50)51)54-56(11,12)13/h18,22-23,28,32,35-38H,1,16-17,19-21,24-27,29-30H2,2-15H3/b28-18+,33-22+,34-23-/t32-,35-,36-,37+,38+,41-/m1/s1/i5D3,6D3. The monoisotopic (exact) mass is 875 g/mol. The second kappa shape index (κ2) is 17.8. The largest absolute Gasteiger partial charge is 0.429 e. The van der Waals surface area contributed by atoms with Gasteiger partial charge >= 0.3 is 12.4 Å². The average molecular weight is 875 g/mol. The number of halogens is 7. The lowest BCUT2D eigenvalue weighted by Crippen LogP contribution is -2.61. The molecule has 0 aromatic heterocycles. The molecule has 13 heteroatoms. The molecule has 0 amide bonds. The summed E-state index contributed by atoms with van der Waals surface area (Å²) in [5.41, 5.74) is -5.17. The fourth-order valence-electron chi connectivity index (χ4n) is 9.22. The van der Waals surface area contributed by atoms with Gasteiger partial charge in [-0.3, -0.25) is 0 Å². The minimum atomic E-state index is -5.82. The maximum Gasteiger partial charge on any atom is 0.429 e. The summed E-state index contributed by atoms with van der Waals surface area (Å²) in [7, 11) is -8.46. The molecule has 0 aliphatic heterocycles. The van der Waals surface area contributed by atoms with Crippen LogP contribution >= 0.6 is 0 Å². The zero-order chi connectivity index (χ0) is 48.8. The molecule has 0 radical (unpaired) electrons. The van der Waals surface area contributed by atoms with Crippen LogP contribution in [0, 0.1) is 23.2 Å². The minimum Gasteiger partial charge on any atom is -0.413 e. The van der Waals surface area contributed by atoms with Gasteiger partial charge in [0.1, 0.15) is 6.17 Å². The maximum absolute atomic E-state index is 15.5. The predicted octanol–water partition coefficient (Wildman–Crippen LogP) is 15.2. The van der Waals surface area contributed by atoms with Crippen LogP contribution < -0.4 is 0 Å². The number of rotatable bonds is 15. The Morgan fingerprint density at radius 1 is 0.912 bits per heavy atom. The highest BCUT2D eigenvalue weighted by molar-refractivity contribution is 6.74. The first kappa shape index (κ1) is 41.4. The highest BCUT2D eigenvalue weighted by Gasteiger charge is 2.71. The molecule has 0 unspecified atom stereocenters. The van der Waals surface area contributed by atoms with Crippen LogP contribution in [0.15, 0.2) is 47.6 Å². The molecule has 330 valence electrons. The van der Waals surface area contributed by atoms with Gasteiger partial charge in [-0.05, 0) is 169 Å². The van der Waals surface area contributed by atoms with E-state index in [0.29, 0.717) is 24.8 Å². The SMILES string of the molecule is [2H]C([2H])([2H])C(CCC[C@H](C/C=C/C(O[Si](C)(C)C)(C(F)(F)F)C(F)(F)F)[C@H]1CC[C@H]2/C(=C/C=C3/C[C@@H](O[Si](C)(C)C(C)(C)C)C[C@H](F)C3=C)CCC[C@]12C)(O[Si](C)(C)C)C([2H])([2H])[2H]. The molecular weight excluding hydrogens is 794 g/mol. The minimum absolute atomic E-state index is 0.00841. The van der Waals surface area contributed by atoms with E-state index in [2.05, 4.69) is 47.4 Å². The smallest absolute Gasteiger partial charge is 0.413 e. The second-order valence-electron chi connectivity index (χ2n) is 20.7. The van der Waals surface area contributed by atoms with Crippen LogP contribution in [0.5, 0.6) is 0 Å². The van der Waals surface area contributed by atoms with Crippen molar-refractivity contribution in [2.45, 2.75) is 205 Å². The Hall–Kier alpha value is -0.999. The molecule has 0 spiro atoms. The van der Waals surface area contributed by atoms with E-state index < -0.39 is 86.1 Å². The molecule has 3 aliphatic rings. The van der Waals surface area contributed by atoms with Gasteiger partial charge < -0.3 is 13.3 Å². The summed E-state index contributed by atoms with van der Waals surface area (Å²) in [6.45, 7) is 19.6. The highest BCUT2D eigenvalue weighted by atomic mass is 28.4. The lowest BCUT2D eigenvalue weighted by atomic mass is 9.60. The van der Waals surface area contributed by atoms with Crippen molar-refractivity contribution < 1.29 is 52.2 Å². The first-order valence-corrected chi connectivity index (χ1v) is 30.4. The lowest BCUT2D eigenvalue weighted by Gasteiger charge is -2.45. The molecule has 3 fully saturated rings. The van der Waals surface area contributed by atoms with Crippen LogP contribution in [0.25, 0.3) is 0 Å². The Morgan fingerprint density at radius 2 is 1.51 bits per heavy atom. The van der Waals surface area contributed by atoms with Gasteiger partial charge in [0.15, 0.2) is 25.0 Å². The van der Waals surface area contributed by atoms with E-state index in [0.717, 1.165) is 36.5 Å². The molecule has 3 nitrogen and oxygen atoms in total. The first-order valence-electron chi connectivity index (χ1n) is 23.7. The third-order valence-electron chi connectivity index (χ3n) is 12.8. The fraction of sp³-hybridized carbons (Fsp3) is 0.818. The van der Waals surface area contributed by atoms with Crippen molar-refractivity contribution in [2.75, 3.05) is 0 Å². The molecule has 0 saturated heterocycles. The second-order valence-corrected chi connectivity index (χ2v) is 34.4. The molecule has 0 N–H and O–H groups in total. The number of allylic oxidation sites excluding steroid dienone is 5. The Bertz CT molecular complexity index is 1660. The number of hydrogen-bond donors (Lipinski definition) is 0. The molecule has 0 bridgehead atoms. The van der Waals surface area contributed by atoms with E-state index in [-0.39, 0.29) is 54.7 Å². The lowest BCUT2D eigenvalue weighted by molar-refractivity contribution is -0.340. The Morgan fingerprint density at radius 3 is 2.04 bits per heavy atom. The van der Waals surface area contributed by atoms with Gasteiger partial charge in [-0.2, -0.15) is 26.3 Å². The number of fused-ring (bicyclic) bond motifs is 1. The molecule has 0 aromatic rings. The van der Waals surface area contributed by atoms with Crippen LogP contribution in [-0.4, -0.2) is 60.8 Å². The van der Waals surface area contributed by atoms with Gasteiger partial charge in [0, 0.05) is 14.6 Å². The van der Waals surface area contributed by atoms with Crippen molar-refractivity contribution in [3.63, 3.8) is 0 Å². The van der Waals surface area contributed by atoms with Crippen LogP contribution in [0.1, 0.15) is 120 Å². The zero-order valence-corrected chi connectivity index (χ0v) is 39.6. The molecular formula is C44H75F7O3Si3. The summed E-state index contributed by atoms with van der Waals surface area (Å²) in [5.74, 6) is -0.755. The van der Waals surface area contributed by atoms with Gasteiger partial charge in [-0.15, -0.1) is 0 Å². The molecule has 6 atom stereocenters. The summed E-state index contributed by atoms with van der Waals surface area (Å²) in [6, 6.07) is 0. The topological polar surface area (TPSA) is 27.7 Å². The normalized spacial score (nSPS) is 30.5. The zero-order valence-electron chi connectivity index (χ0n) is 42.6. The van der Waals surface area contributed by atoms with E-state index >= 15 is 4.39 Å². The Kier molecular flexibility index (Phi) is 12.9. The van der Waals surface area contributed by atoms with E-state index in [1.807, 2.05) is 12.2 Å². The summed E-state index contributed by atoms with van der Waals surface area (Å²) in [4.78, 5) is 0. The van der Waals surface area contributed by atoms with E-state index in [4.69, 9.17) is 21.5 Å². The van der Waals surface area contributed by atoms with Crippen molar-refractivity contribution in [1.82, 2.24) is 0 Å². The molecule has 0 heterocycles. The van der Waals surface area contributed by atoms with Gasteiger partial charge in [-0.1, -0.05) is 64.5 Å². The molecule has 3 aliphatic carbocycles. The van der Waals surface area contributed by atoms with Crippen molar-refractivity contribution in [1.29, 1.82) is 0 Å². The Labute approximate surface area is 352 Å². The third kappa shape index (κ3) is 12.8. The maximum atomic E-state index is 15.5. The average Bonchev–Trinajstić information content (AvgIpc) is 3.40. The first-order chi connectivity index (χ1) is 28.0. The highest BCUT2D eigenvalue weighted by Crippen LogP contribution is 2.61. The fourth-order valence-corrected chi connectivity index (χ4v) is 13.0.